The van der Waals surface area contributed by atoms with Crippen LogP contribution in [-0.4, -0.2) is 41.0 Å². The van der Waals surface area contributed by atoms with Crippen LogP contribution in [0.5, 0.6) is 5.75 Å². The maximum Gasteiger partial charge on any atom is 0.511 e. The zero-order valence-electron chi connectivity index (χ0n) is 15.5. The lowest BCUT2D eigenvalue weighted by Crippen LogP contribution is -2.14. The Balaban J connectivity index is 1.62. The highest BCUT2D eigenvalue weighted by Crippen LogP contribution is 2.37. The van der Waals surface area contributed by atoms with Gasteiger partial charge in [0.05, 0.1) is 15.5 Å². The van der Waals surface area contributed by atoms with Crippen molar-refractivity contribution in [2.45, 2.75) is 13.3 Å². The van der Waals surface area contributed by atoms with Crippen molar-refractivity contribution >= 4 is 81.7 Å². The Morgan fingerprint density at radius 3 is 2.41 bits per heavy atom. The van der Waals surface area contributed by atoms with Gasteiger partial charge in [-0.2, -0.15) is 0 Å². The molecule has 0 bridgehead atoms. The minimum atomic E-state index is -0.764. The Labute approximate surface area is 193 Å². The molecule has 0 aliphatic carbocycles. The topological polar surface area (TPSA) is 70.5 Å². The number of ether oxygens (including phenoxy) is 3. The molecule has 0 saturated carbocycles. The highest BCUT2D eigenvalue weighted by Gasteiger charge is 2.16. The van der Waals surface area contributed by atoms with Crippen molar-refractivity contribution in [3.63, 3.8) is 0 Å². The van der Waals surface area contributed by atoms with E-state index in [1.807, 2.05) is 30.3 Å². The second-order valence-corrected chi connectivity index (χ2v) is 10.1. The minimum Gasteiger partial charge on any atom is -0.454 e. The summed E-state index contributed by atoms with van der Waals surface area (Å²) in [5.74, 6) is 2.24. The molecule has 3 rings (SSSR count). The Hall–Kier alpha value is -1.23. The molecule has 6 nitrogen and oxygen atoms in total. The predicted molar refractivity (Wildman–Crippen MR) is 126 cm³/mol. The van der Waals surface area contributed by atoms with Crippen molar-refractivity contribution in [2.75, 3.05) is 24.9 Å². The molecule has 0 aliphatic heterocycles. The van der Waals surface area contributed by atoms with Crippen LogP contribution >= 0.6 is 53.4 Å². The number of hydrogen-bond acceptors (Lipinski definition) is 8. The lowest BCUT2D eigenvalue weighted by Gasteiger charge is -2.12. The highest BCUT2D eigenvalue weighted by atomic mass is 79.9. The molecule has 0 fully saturated rings. The quantitative estimate of drug-likeness (QED) is 0.0952. The molecule has 1 aromatic heterocycles. The lowest BCUT2D eigenvalue weighted by atomic mass is 10.2. The van der Waals surface area contributed by atoms with Crippen molar-refractivity contribution in [2.24, 2.45) is 0 Å². The summed E-state index contributed by atoms with van der Waals surface area (Å²) >= 11 is 6.98. The van der Waals surface area contributed by atoms with E-state index in [-0.39, 0.29) is 6.79 Å². The van der Waals surface area contributed by atoms with Crippen molar-refractivity contribution in [1.29, 1.82) is 0 Å². The van der Waals surface area contributed by atoms with Crippen molar-refractivity contribution in [3.8, 4) is 5.75 Å². The van der Waals surface area contributed by atoms with Gasteiger partial charge in [-0.15, -0.1) is 0 Å². The molecular formula is C19H18Br2N2O4S2. The van der Waals surface area contributed by atoms with E-state index in [4.69, 9.17) is 14.2 Å². The maximum absolute atomic E-state index is 11.7. The minimum absolute atomic E-state index is 0.291. The first-order valence-electron chi connectivity index (χ1n) is 8.81. The zero-order chi connectivity index (χ0) is 20.6. The molecule has 0 amide bonds. The van der Waals surface area contributed by atoms with Gasteiger partial charge in [0.25, 0.3) is 0 Å². The van der Waals surface area contributed by atoms with E-state index in [2.05, 4.69) is 48.8 Å². The SMILES string of the molecule is CCCSSCCOC(=O)OCOc1c(Br)cc(Br)c2nc3ccccc3nc12. The second-order valence-electron chi connectivity index (χ2n) is 5.73. The standard InChI is InChI=1S/C19H18Br2N2O4S2/c1-2-8-28-29-9-7-25-19(24)27-11-26-18-13(21)10-12(20)16-17(18)23-15-6-4-3-5-14(15)22-16/h3-6,10H,2,7-9,11H2,1H3. The average molecular weight is 562 g/mol. The van der Waals surface area contributed by atoms with E-state index in [1.54, 1.807) is 21.6 Å². The number of hydrogen-bond donors (Lipinski definition) is 0. The number of nitrogens with zero attached hydrogens (tertiary/aromatic N) is 2. The first kappa shape index (κ1) is 22.5. The van der Waals surface area contributed by atoms with Crippen LogP contribution in [0.4, 0.5) is 4.79 Å². The van der Waals surface area contributed by atoms with Crippen LogP contribution in [0.1, 0.15) is 13.3 Å². The number of carbonyl (C=O) groups excluding carboxylic acids is 1. The molecule has 2 aromatic carbocycles. The highest BCUT2D eigenvalue weighted by molar-refractivity contribution is 9.11. The molecule has 154 valence electrons. The van der Waals surface area contributed by atoms with Gasteiger partial charge in [-0.25, -0.2) is 14.8 Å². The monoisotopic (exact) mass is 560 g/mol. The average Bonchev–Trinajstić information content (AvgIpc) is 2.72. The first-order chi connectivity index (χ1) is 14.1. The van der Waals surface area contributed by atoms with Gasteiger partial charge >= 0.3 is 6.16 Å². The fourth-order valence-electron chi connectivity index (χ4n) is 2.36. The molecule has 10 heteroatoms. The molecule has 3 aromatic rings. The summed E-state index contributed by atoms with van der Waals surface area (Å²) in [5.41, 5.74) is 2.75. The Bertz CT molecular complexity index is 1010. The first-order valence-corrected chi connectivity index (χ1v) is 12.9. The summed E-state index contributed by atoms with van der Waals surface area (Å²) in [6.45, 7) is 2.13. The summed E-state index contributed by atoms with van der Waals surface area (Å²) in [6.07, 6.45) is 0.360. The number of benzene rings is 2. The molecule has 0 radical (unpaired) electrons. The van der Waals surface area contributed by atoms with Crippen LogP contribution in [-0.2, 0) is 9.47 Å². The van der Waals surface area contributed by atoms with Gasteiger partial charge in [-0.05, 0) is 56.5 Å². The van der Waals surface area contributed by atoms with E-state index >= 15 is 0 Å². The summed E-state index contributed by atoms with van der Waals surface area (Å²) in [7, 11) is 3.44. The van der Waals surface area contributed by atoms with Crippen LogP contribution < -0.4 is 4.74 Å². The predicted octanol–water partition coefficient (Wildman–Crippen LogP) is 6.59. The number of fused-ring (bicyclic) bond motifs is 2. The molecule has 0 N–H and O–H groups in total. The van der Waals surface area contributed by atoms with Crippen LogP contribution in [0.3, 0.4) is 0 Å². The normalized spacial score (nSPS) is 11.0. The van der Waals surface area contributed by atoms with Crippen LogP contribution in [0, 0.1) is 0 Å². The van der Waals surface area contributed by atoms with Crippen molar-refractivity contribution in [1.82, 2.24) is 9.97 Å². The smallest absolute Gasteiger partial charge is 0.454 e. The van der Waals surface area contributed by atoms with Crippen LogP contribution in [0.2, 0.25) is 0 Å². The Morgan fingerprint density at radius 2 is 1.69 bits per heavy atom. The summed E-state index contributed by atoms with van der Waals surface area (Å²) < 4.78 is 17.2. The van der Waals surface area contributed by atoms with E-state index in [9.17, 15) is 4.79 Å². The van der Waals surface area contributed by atoms with Gasteiger partial charge in [0, 0.05) is 16.0 Å². The largest absolute Gasteiger partial charge is 0.511 e. The number of rotatable bonds is 9. The van der Waals surface area contributed by atoms with Gasteiger partial charge in [0.2, 0.25) is 6.79 Å². The van der Waals surface area contributed by atoms with E-state index < -0.39 is 6.16 Å². The van der Waals surface area contributed by atoms with Gasteiger partial charge < -0.3 is 14.2 Å². The molecule has 0 unspecified atom stereocenters. The summed E-state index contributed by atoms with van der Waals surface area (Å²) in [4.78, 5) is 21.0. The van der Waals surface area contributed by atoms with Crippen LogP contribution in [0.25, 0.3) is 22.1 Å². The fraction of sp³-hybridized carbons (Fsp3) is 0.316. The van der Waals surface area contributed by atoms with Crippen molar-refractivity contribution < 1.29 is 19.0 Å². The third-order valence-electron chi connectivity index (χ3n) is 3.62. The molecule has 1 heterocycles. The van der Waals surface area contributed by atoms with Gasteiger partial charge in [0.1, 0.15) is 17.6 Å². The van der Waals surface area contributed by atoms with Gasteiger partial charge in [-0.1, -0.05) is 40.6 Å². The van der Waals surface area contributed by atoms with Gasteiger partial charge in [-0.3, -0.25) is 0 Å². The molecule has 0 aliphatic rings. The van der Waals surface area contributed by atoms with E-state index in [0.717, 1.165) is 27.7 Å². The fourth-order valence-corrected chi connectivity index (χ4v) is 5.67. The maximum atomic E-state index is 11.7. The van der Waals surface area contributed by atoms with Gasteiger partial charge in [0.15, 0.2) is 5.75 Å². The molecular weight excluding hydrogens is 544 g/mol. The Kier molecular flexibility index (Phi) is 8.70. The number of carbonyl (C=O) groups is 1. The second kappa shape index (κ2) is 11.2. The third kappa shape index (κ3) is 6.13. The van der Waals surface area contributed by atoms with Crippen LogP contribution in [0.15, 0.2) is 39.3 Å². The number of aromatic nitrogens is 2. The van der Waals surface area contributed by atoms with E-state index in [0.29, 0.717) is 33.6 Å². The Morgan fingerprint density at radius 1 is 1.00 bits per heavy atom. The number of para-hydroxylation sites is 2. The van der Waals surface area contributed by atoms with Crippen molar-refractivity contribution in [3.05, 3.63) is 39.3 Å². The summed E-state index contributed by atoms with van der Waals surface area (Å²) in [6, 6.07) is 9.41. The zero-order valence-corrected chi connectivity index (χ0v) is 20.3. The molecule has 0 atom stereocenters. The lowest BCUT2D eigenvalue weighted by molar-refractivity contribution is 0.00752. The summed E-state index contributed by atoms with van der Waals surface area (Å²) in [5, 5.41) is 0. The molecule has 29 heavy (non-hydrogen) atoms. The number of halogens is 2. The van der Waals surface area contributed by atoms with E-state index in [1.165, 1.54) is 0 Å². The third-order valence-corrected chi connectivity index (χ3v) is 7.39. The molecule has 0 spiro atoms. The molecule has 0 saturated heterocycles.